The van der Waals surface area contributed by atoms with Gasteiger partial charge in [-0.3, -0.25) is 0 Å². The highest BCUT2D eigenvalue weighted by Gasteiger charge is 2.08. The van der Waals surface area contributed by atoms with Gasteiger partial charge in [0, 0.05) is 0 Å². The van der Waals surface area contributed by atoms with Gasteiger partial charge in [-0.1, -0.05) is 42.5 Å². The second kappa shape index (κ2) is 6.01. The summed E-state index contributed by atoms with van der Waals surface area (Å²) in [5, 5.41) is -0.0180. The molecule has 0 aliphatic heterocycles. The van der Waals surface area contributed by atoms with E-state index in [1.54, 1.807) is 13.0 Å². The third-order valence-electron chi connectivity index (χ3n) is 3.08. The molecule has 0 spiro atoms. The summed E-state index contributed by atoms with van der Waals surface area (Å²) in [6.07, 6.45) is 1.61. The monoisotopic (exact) mass is 262 g/mol. The fourth-order valence-electron chi connectivity index (χ4n) is 1.91. The summed E-state index contributed by atoms with van der Waals surface area (Å²) in [4.78, 5) is 0. The van der Waals surface area contributed by atoms with Crippen molar-refractivity contribution in [1.82, 2.24) is 0 Å². The lowest BCUT2D eigenvalue weighted by Crippen LogP contribution is -1.95. The summed E-state index contributed by atoms with van der Waals surface area (Å²) in [5.41, 5.74) is 2.80. The molecule has 0 N–H and O–H groups in total. The van der Waals surface area contributed by atoms with Crippen molar-refractivity contribution in [2.45, 2.75) is 25.1 Å². The molecule has 0 amide bonds. The van der Waals surface area contributed by atoms with Gasteiger partial charge >= 0.3 is 0 Å². The van der Waals surface area contributed by atoms with Crippen LogP contribution in [0.1, 0.15) is 28.5 Å². The van der Waals surface area contributed by atoms with Crippen molar-refractivity contribution >= 4 is 11.6 Å². The number of halogens is 2. The maximum Gasteiger partial charge on any atom is 0.126 e. The Labute approximate surface area is 112 Å². The zero-order valence-corrected chi connectivity index (χ0v) is 11.1. The molecule has 0 heterocycles. The van der Waals surface area contributed by atoms with Gasteiger partial charge in [-0.25, -0.2) is 4.39 Å². The van der Waals surface area contributed by atoms with Crippen LogP contribution in [0.15, 0.2) is 48.5 Å². The van der Waals surface area contributed by atoms with Crippen LogP contribution in [0, 0.1) is 12.7 Å². The van der Waals surface area contributed by atoms with E-state index in [4.69, 9.17) is 11.6 Å². The zero-order valence-electron chi connectivity index (χ0n) is 10.4. The molecule has 2 heteroatoms. The topological polar surface area (TPSA) is 0 Å². The Bertz CT molecular complexity index is 508. The average Bonchev–Trinajstić information content (AvgIpc) is 2.41. The number of aryl methyl sites for hydroxylation is 2. The van der Waals surface area contributed by atoms with Crippen molar-refractivity contribution in [3.05, 3.63) is 71.0 Å². The van der Waals surface area contributed by atoms with Gasteiger partial charge in [-0.05, 0) is 42.5 Å². The van der Waals surface area contributed by atoms with E-state index in [2.05, 4.69) is 0 Å². The van der Waals surface area contributed by atoms with Gasteiger partial charge in [0.15, 0.2) is 0 Å². The lowest BCUT2D eigenvalue weighted by Gasteiger charge is -2.10. The second-order valence-electron chi connectivity index (χ2n) is 4.50. The minimum atomic E-state index is -0.140. The van der Waals surface area contributed by atoms with Crippen LogP contribution in [0.4, 0.5) is 4.39 Å². The molecule has 1 unspecified atom stereocenters. The summed E-state index contributed by atoms with van der Waals surface area (Å²) >= 11 is 6.33. The van der Waals surface area contributed by atoms with E-state index in [-0.39, 0.29) is 11.2 Å². The van der Waals surface area contributed by atoms with Crippen molar-refractivity contribution in [1.29, 1.82) is 0 Å². The van der Waals surface area contributed by atoms with Crippen LogP contribution >= 0.6 is 11.6 Å². The van der Waals surface area contributed by atoms with E-state index in [1.165, 1.54) is 0 Å². The highest BCUT2D eigenvalue weighted by molar-refractivity contribution is 6.20. The third-order valence-corrected chi connectivity index (χ3v) is 3.55. The molecular formula is C16H16ClF. The minimum absolute atomic E-state index is 0.0180. The Morgan fingerprint density at radius 1 is 1.11 bits per heavy atom. The molecule has 0 bridgehead atoms. The molecule has 2 aromatic carbocycles. The molecule has 2 rings (SSSR count). The summed E-state index contributed by atoms with van der Waals surface area (Å²) < 4.78 is 13.4. The summed E-state index contributed by atoms with van der Waals surface area (Å²) in [7, 11) is 0. The first kappa shape index (κ1) is 13.1. The molecule has 1 atom stereocenters. The molecule has 0 radical (unpaired) electrons. The van der Waals surface area contributed by atoms with Crippen LogP contribution in [0.2, 0.25) is 0 Å². The number of rotatable bonds is 4. The fourth-order valence-corrected chi connectivity index (χ4v) is 2.17. The van der Waals surface area contributed by atoms with Gasteiger partial charge in [0.1, 0.15) is 5.82 Å². The van der Waals surface area contributed by atoms with Crippen molar-refractivity contribution in [2.24, 2.45) is 0 Å². The molecule has 94 valence electrons. The summed E-state index contributed by atoms with van der Waals surface area (Å²) in [6.45, 7) is 1.77. The molecule has 0 aliphatic rings. The standard InChI is InChI=1S/C16H16ClF/c1-12-7-8-13(11-16(12)18)9-10-15(17)14-5-3-2-4-6-14/h2-8,11,15H,9-10H2,1H3. The van der Waals surface area contributed by atoms with E-state index in [0.29, 0.717) is 5.56 Å². The largest absolute Gasteiger partial charge is 0.207 e. The van der Waals surface area contributed by atoms with E-state index in [1.807, 2.05) is 42.5 Å². The average molecular weight is 263 g/mol. The Kier molecular flexibility index (Phi) is 4.38. The normalized spacial score (nSPS) is 12.4. The minimum Gasteiger partial charge on any atom is -0.207 e. The molecule has 0 saturated heterocycles. The highest BCUT2D eigenvalue weighted by atomic mass is 35.5. The number of hydrogen-bond acceptors (Lipinski definition) is 0. The molecule has 0 nitrogen and oxygen atoms in total. The van der Waals surface area contributed by atoms with E-state index < -0.39 is 0 Å². The van der Waals surface area contributed by atoms with Crippen LogP contribution in [-0.4, -0.2) is 0 Å². The molecule has 2 aromatic rings. The van der Waals surface area contributed by atoms with Crippen LogP contribution in [0.25, 0.3) is 0 Å². The second-order valence-corrected chi connectivity index (χ2v) is 5.03. The van der Waals surface area contributed by atoms with Gasteiger partial charge in [0.25, 0.3) is 0 Å². The zero-order chi connectivity index (χ0) is 13.0. The lowest BCUT2D eigenvalue weighted by molar-refractivity contribution is 0.615. The number of alkyl halides is 1. The first-order valence-corrected chi connectivity index (χ1v) is 6.54. The van der Waals surface area contributed by atoms with Gasteiger partial charge in [0.05, 0.1) is 5.38 Å². The van der Waals surface area contributed by atoms with E-state index >= 15 is 0 Å². The van der Waals surface area contributed by atoms with E-state index in [9.17, 15) is 4.39 Å². The Hall–Kier alpha value is -1.34. The van der Waals surface area contributed by atoms with Crippen molar-refractivity contribution < 1.29 is 4.39 Å². The van der Waals surface area contributed by atoms with Crippen molar-refractivity contribution in [3.63, 3.8) is 0 Å². The molecule has 18 heavy (non-hydrogen) atoms. The lowest BCUT2D eigenvalue weighted by atomic mass is 10.0. The third kappa shape index (κ3) is 3.33. The number of benzene rings is 2. The number of hydrogen-bond donors (Lipinski definition) is 0. The maximum atomic E-state index is 13.4. The Morgan fingerprint density at radius 2 is 1.83 bits per heavy atom. The predicted molar refractivity (Wildman–Crippen MR) is 74.5 cm³/mol. The van der Waals surface area contributed by atoms with Crippen molar-refractivity contribution in [3.8, 4) is 0 Å². The Balaban J connectivity index is 1.97. The van der Waals surface area contributed by atoms with Gasteiger partial charge < -0.3 is 0 Å². The van der Waals surface area contributed by atoms with Gasteiger partial charge in [-0.2, -0.15) is 0 Å². The van der Waals surface area contributed by atoms with Gasteiger partial charge in [0.2, 0.25) is 0 Å². The molecular weight excluding hydrogens is 247 g/mol. The first-order valence-electron chi connectivity index (χ1n) is 6.11. The SMILES string of the molecule is Cc1ccc(CCC(Cl)c2ccccc2)cc1F. The quantitative estimate of drug-likeness (QED) is 0.677. The molecule has 0 saturated carbocycles. The van der Waals surface area contributed by atoms with E-state index in [0.717, 1.165) is 24.0 Å². The maximum absolute atomic E-state index is 13.4. The van der Waals surface area contributed by atoms with Crippen LogP contribution in [-0.2, 0) is 6.42 Å². The predicted octanol–water partition coefficient (Wildman–Crippen LogP) is 5.05. The van der Waals surface area contributed by atoms with Gasteiger partial charge in [-0.15, -0.1) is 11.6 Å². The smallest absolute Gasteiger partial charge is 0.126 e. The molecule has 0 fully saturated rings. The fraction of sp³-hybridized carbons (Fsp3) is 0.250. The van der Waals surface area contributed by atoms with Crippen LogP contribution in [0.5, 0.6) is 0 Å². The molecule has 0 aromatic heterocycles. The molecule has 0 aliphatic carbocycles. The summed E-state index contributed by atoms with van der Waals surface area (Å²) in [5.74, 6) is -0.140. The van der Waals surface area contributed by atoms with Crippen LogP contribution in [0.3, 0.4) is 0 Å². The Morgan fingerprint density at radius 3 is 2.50 bits per heavy atom. The first-order chi connectivity index (χ1) is 8.66. The van der Waals surface area contributed by atoms with Crippen molar-refractivity contribution in [2.75, 3.05) is 0 Å². The summed E-state index contributed by atoms with van der Waals surface area (Å²) in [6, 6.07) is 15.4. The highest BCUT2D eigenvalue weighted by Crippen LogP contribution is 2.25. The van der Waals surface area contributed by atoms with Crippen LogP contribution < -0.4 is 0 Å².